The number of hydrogen-bond acceptors (Lipinski definition) is 4. The Balaban J connectivity index is 1.96. The van der Waals surface area contributed by atoms with Gasteiger partial charge in [-0.15, -0.1) is 0 Å². The molecule has 0 aliphatic heterocycles. The molecule has 0 aliphatic rings. The highest BCUT2D eigenvalue weighted by molar-refractivity contribution is 6.29. The number of carbonyl (C=O) groups is 1. The summed E-state index contributed by atoms with van der Waals surface area (Å²) in [5.74, 6) is 0.353. The van der Waals surface area contributed by atoms with E-state index in [0.29, 0.717) is 5.82 Å². The van der Waals surface area contributed by atoms with Crippen LogP contribution in [-0.4, -0.2) is 22.1 Å². The topological polar surface area (TPSA) is 75.4 Å². The Morgan fingerprint density at radius 3 is 3.00 bits per heavy atom. The van der Waals surface area contributed by atoms with Gasteiger partial charge in [-0.25, -0.2) is 9.78 Å². The minimum Gasteiger partial charge on any atom is -0.478 e. The SMILES string of the molecule is CC(CCc1ccco1)Nc1cc(C(=O)O)cc(Cl)n1. The maximum atomic E-state index is 10.9. The molecule has 1 atom stereocenters. The minimum atomic E-state index is -1.03. The number of pyridine rings is 1. The number of nitrogens with one attached hydrogen (secondary N) is 1. The van der Waals surface area contributed by atoms with E-state index in [1.807, 2.05) is 19.1 Å². The summed E-state index contributed by atoms with van der Waals surface area (Å²) in [6.07, 6.45) is 3.28. The summed E-state index contributed by atoms with van der Waals surface area (Å²) < 4.78 is 5.26. The molecule has 20 heavy (non-hydrogen) atoms. The van der Waals surface area contributed by atoms with E-state index in [1.165, 1.54) is 12.1 Å². The summed E-state index contributed by atoms with van der Waals surface area (Å²) in [6.45, 7) is 1.99. The normalized spacial score (nSPS) is 12.1. The van der Waals surface area contributed by atoms with Gasteiger partial charge in [-0.05, 0) is 37.6 Å². The fourth-order valence-electron chi connectivity index (χ4n) is 1.83. The molecule has 1 unspecified atom stereocenters. The molecular formula is C14H15ClN2O3. The van der Waals surface area contributed by atoms with Crippen LogP contribution in [0.15, 0.2) is 34.9 Å². The molecule has 0 amide bonds. The zero-order valence-electron chi connectivity index (χ0n) is 11.0. The van der Waals surface area contributed by atoms with Crippen LogP contribution in [0.25, 0.3) is 0 Å². The summed E-state index contributed by atoms with van der Waals surface area (Å²) >= 11 is 5.81. The van der Waals surface area contributed by atoms with Crippen molar-refractivity contribution in [1.29, 1.82) is 0 Å². The second-order valence-electron chi connectivity index (χ2n) is 4.53. The second-order valence-corrected chi connectivity index (χ2v) is 4.92. The molecule has 6 heteroatoms. The Hall–Kier alpha value is -2.01. The number of carboxylic acids is 1. The van der Waals surface area contributed by atoms with Gasteiger partial charge in [0.1, 0.15) is 16.7 Å². The third-order valence-electron chi connectivity index (χ3n) is 2.84. The van der Waals surface area contributed by atoms with Gasteiger partial charge in [0.2, 0.25) is 0 Å². The zero-order chi connectivity index (χ0) is 14.5. The third kappa shape index (κ3) is 3.99. The molecule has 0 saturated carbocycles. The Bertz CT molecular complexity index is 584. The minimum absolute atomic E-state index is 0.116. The van der Waals surface area contributed by atoms with Crippen molar-refractivity contribution < 1.29 is 14.3 Å². The van der Waals surface area contributed by atoms with Crippen molar-refractivity contribution in [2.24, 2.45) is 0 Å². The number of furan rings is 1. The Morgan fingerprint density at radius 1 is 1.55 bits per heavy atom. The quantitative estimate of drug-likeness (QED) is 0.798. The first-order valence-electron chi connectivity index (χ1n) is 6.24. The number of anilines is 1. The molecular weight excluding hydrogens is 280 g/mol. The summed E-state index contributed by atoms with van der Waals surface area (Å²) in [6, 6.07) is 6.69. The molecule has 0 fully saturated rings. The first-order chi connectivity index (χ1) is 9.54. The van der Waals surface area contributed by atoms with Crippen LogP contribution in [0.1, 0.15) is 29.5 Å². The van der Waals surface area contributed by atoms with E-state index in [0.717, 1.165) is 18.6 Å². The number of hydrogen-bond donors (Lipinski definition) is 2. The fourth-order valence-corrected chi connectivity index (χ4v) is 2.04. The van der Waals surface area contributed by atoms with Gasteiger partial charge in [0.05, 0.1) is 11.8 Å². The van der Waals surface area contributed by atoms with Crippen molar-refractivity contribution in [2.75, 3.05) is 5.32 Å². The number of aryl methyl sites for hydroxylation is 1. The van der Waals surface area contributed by atoms with Gasteiger partial charge >= 0.3 is 5.97 Å². The Labute approximate surface area is 121 Å². The van der Waals surface area contributed by atoms with Crippen LogP contribution in [0.5, 0.6) is 0 Å². The lowest BCUT2D eigenvalue weighted by Gasteiger charge is -2.14. The Kier molecular flexibility index (Phi) is 4.63. The van der Waals surface area contributed by atoms with E-state index < -0.39 is 5.97 Å². The number of nitrogens with zero attached hydrogens (tertiary/aromatic N) is 1. The van der Waals surface area contributed by atoms with Crippen LogP contribution >= 0.6 is 11.6 Å². The monoisotopic (exact) mass is 294 g/mol. The van der Waals surface area contributed by atoms with Gasteiger partial charge in [-0.3, -0.25) is 0 Å². The summed E-state index contributed by atoms with van der Waals surface area (Å²) in [5, 5.41) is 12.3. The van der Waals surface area contributed by atoms with Crippen molar-refractivity contribution in [3.63, 3.8) is 0 Å². The van der Waals surface area contributed by atoms with Gasteiger partial charge in [-0.2, -0.15) is 0 Å². The number of halogens is 1. The third-order valence-corrected chi connectivity index (χ3v) is 3.03. The molecule has 0 bridgehead atoms. The maximum absolute atomic E-state index is 10.9. The van der Waals surface area contributed by atoms with Crippen molar-refractivity contribution in [3.05, 3.63) is 47.0 Å². The summed E-state index contributed by atoms with van der Waals surface area (Å²) in [4.78, 5) is 15.0. The molecule has 0 aromatic carbocycles. The van der Waals surface area contributed by atoms with Crippen molar-refractivity contribution in [3.8, 4) is 0 Å². The fraction of sp³-hybridized carbons (Fsp3) is 0.286. The average Bonchev–Trinajstić information content (AvgIpc) is 2.88. The molecule has 0 spiro atoms. The number of aromatic carboxylic acids is 1. The lowest BCUT2D eigenvalue weighted by Crippen LogP contribution is -2.17. The van der Waals surface area contributed by atoms with E-state index in [-0.39, 0.29) is 16.8 Å². The van der Waals surface area contributed by atoms with Gasteiger partial charge < -0.3 is 14.8 Å². The molecule has 2 heterocycles. The lowest BCUT2D eigenvalue weighted by molar-refractivity contribution is 0.0697. The first kappa shape index (κ1) is 14.4. The van der Waals surface area contributed by atoms with E-state index in [2.05, 4.69) is 10.3 Å². The first-order valence-corrected chi connectivity index (χ1v) is 6.62. The average molecular weight is 295 g/mol. The highest BCUT2D eigenvalue weighted by atomic mass is 35.5. The van der Waals surface area contributed by atoms with Gasteiger partial charge in [0.15, 0.2) is 0 Å². The second kappa shape index (κ2) is 6.43. The number of aromatic nitrogens is 1. The highest BCUT2D eigenvalue weighted by Crippen LogP contribution is 2.16. The Morgan fingerprint density at radius 2 is 2.35 bits per heavy atom. The maximum Gasteiger partial charge on any atom is 0.335 e. The molecule has 0 saturated heterocycles. The molecule has 2 aromatic heterocycles. The largest absolute Gasteiger partial charge is 0.478 e. The number of carboxylic acid groups (broad SMARTS) is 1. The van der Waals surface area contributed by atoms with Crippen molar-refractivity contribution in [2.45, 2.75) is 25.8 Å². The van der Waals surface area contributed by atoms with E-state index in [9.17, 15) is 4.79 Å². The van der Waals surface area contributed by atoms with E-state index in [1.54, 1.807) is 6.26 Å². The molecule has 0 radical (unpaired) electrons. The predicted molar refractivity (Wildman–Crippen MR) is 76.3 cm³/mol. The lowest BCUT2D eigenvalue weighted by atomic mass is 10.1. The standard InChI is InChI=1S/C14H15ClN2O3/c1-9(4-5-11-3-2-6-20-11)16-13-8-10(14(18)19)7-12(15)17-13/h2-3,6-9H,4-5H2,1H3,(H,16,17)(H,18,19). The van der Waals surface area contributed by atoms with Gasteiger partial charge in [-0.1, -0.05) is 11.6 Å². The van der Waals surface area contributed by atoms with Crippen molar-refractivity contribution >= 4 is 23.4 Å². The predicted octanol–water partition coefficient (Wildman–Crippen LogP) is 3.46. The van der Waals surface area contributed by atoms with Crippen LogP contribution in [0.2, 0.25) is 5.15 Å². The van der Waals surface area contributed by atoms with E-state index in [4.69, 9.17) is 21.1 Å². The van der Waals surface area contributed by atoms with Gasteiger partial charge in [0, 0.05) is 12.5 Å². The van der Waals surface area contributed by atoms with Crippen LogP contribution in [-0.2, 0) is 6.42 Å². The highest BCUT2D eigenvalue weighted by Gasteiger charge is 2.10. The molecule has 2 aromatic rings. The summed E-state index contributed by atoms with van der Waals surface area (Å²) in [7, 11) is 0. The summed E-state index contributed by atoms with van der Waals surface area (Å²) in [5.41, 5.74) is 0.116. The zero-order valence-corrected chi connectivity index (χ0v) is 11.7. The molecule has 0 aliphatic carbocycles. The van der Waals surface area contributed by atoms with Crippen LogP contribution in [0.4, 0.5) is 5.82 Å². The van der Waals surface area contributed by atoms with Crippen LogP contribution in [0.3, 0.4) is 0 Å². The molecule has 2 N–H and O–H groups in total. The van der Waals surface area contributed by atoms with Crippen LogP contribution in [0, 0.1) is 0 Å². The van der Waals surface area contributed by atoms with Crippen LogP contribution < -0.4 is 5.32 Å². The molecule has 2 rings (SSSR count). The van der Waals surface area contributed by atoms with Gasteiger partial charge in [0.25, 0.3) is 0 Å². The number of rotatable bonds is 6. The van der Waals surface area contributed by atoms with E-state index >= 15 is 0 Å². The smallest absolute Gasteiger partial charge is 0.335 e. The van der Waals surface area contributed by atoms with Crippen molar-refractivity contribution in [1.82, 2.24) is 4.98 Å². The molecule has 106 valence electrons. The molecule has 5 nitrogen and oxygen atoms in total.